The van der Waals surface area contributed by atoms with Crippen LogP contribution in [0.4, 0.5) is 11.5 Å². The third kappa shape index (κ3) is 4.95. The van der Waals surface area contributed by atoms with E-state index in [0.717, 1.165) is 10.8 Å². The smallest absolute Gasteiger partial charge is 0.266 e. The largest absolute Gasteiger partial charge is 0.495 e. The van der Waals surface area contributed by atoms with E-state index in [-0.39, 0.29) is 17.2 Å². The average molecular weight is 445 g/mol. The Hall–Kier alpha value is -4.33. The number of rotatable bonds is 7. The quantitative estimate of drug-likeness (QED) is 0.423. The number of hydrogen-bond acceptors (Lipinski definition) is 6. The van der Waals surface area contributed by atoms with Gasteiger partial charge in [0.05, 0.1) is 18.4 Å². The van der Waals surface area contributed by atoms with Crippen molar-refractivity contribution in [3.8, 4) is 11.5 Å². The number of carbonyl (C=O) groups is 2. The first-order valence-electron chi connectivity index (χ1n) is 10.3. The van der Waals surface area contributed by atoms with Crippen molar-refractivity contribution in [3.63, 3.8) is 0 Å². The summed E-state index contributed by atoms with van der Waals surface area (Å²) in [4.78, 5) is 25.8. The van der Waals surface area contributed by atoms with Crippen molar-refractivity contribution in [2.45, 2.75) is 20.0 Å². The standard InChI is InChI=1S/C25H23N3O5/c1-15-12-23(28-33-15)27-24(29)16(2)32-22-14-18-9-5-4-8-17(18)13-19(22)25(30)26-20-10-6-7-11-21(20)31-3/h4-14,16H,1-3H3,(H,26,30)(H,27,28,29). The number of benzene rings is 3. The van der Waals surface area contributed by atoms with E-state index in [1.54, 1.807) is 50.2 Å². The van der Waals surface area contributed by atoms with Gasteiger partial charge in [-0.2, -0.15) is 0 Å². The van der Waals surface area contributed by atoms with Gasteiger partial charge < -0.3 is 24.6 Å². The highest BCUT2D eigenvalue weighted by Crippen LogP contribution is 2.30. The zero-order chi connectivity index (χ0) is 23.4. The van der Waals surface area contributed by atoms with Crippen LogP contribution in [-0.4, -0.2) is 30.2 Å². The summed E-state index contributed by atoms with van der Waals surface area (Å²) < 4.78 is 16.2. The SMILES string of the molecule is COc1ccccc1NC(=O)c1cc2ccccc2cc1OC(C)C(=O)Nc1cc(C)on1. The van der Waals surface area contributed by atoms with Gasteiger partial charge in [0.1, 0.15) is 17.3 Å². The number of para-hydroxylation sites is 2. The monoisotopic (exact) mass is 445 g/mol. The molecular weight excluding hydrogens is 422 g/mol. The molecule has 2 N–H and O–H groups in total. The maximum atomic E-state index is 13.2. The Morgan fingerprint density at radius 3 is 2.33 bits per heavy atom. The molecule has 0 radical (unpaired) electrons. The van der Waals surface area contributed by atoms with E-state index >= 15 is 0 Å². The van der Waals surface area contributed by atoms with Gasteiger partial charge >= 0.3 is 0 Å². The van der Waals surface area contributed by atoms with E-state index < -0.39 is 12.0 Å². The van der Waals surface area contributed by atoms with Gasteiger partial charge in [0.25, 0.3) is 11.8 Å². The third-order valence-electron chi connectivity index (χ3n) is 5.00. The summed E-state index contributed by atoms with van der Waals surface area (Å²) in [7, 11) is 1.53. The van der Waals surface area contributed by atoms with Gasteiger partial charge in [-0.1, -0.05) is 41.6 Å². The Morgan fingerprint density at radius 2 is 1.64 bits per heavy atom. The molecule has 168 valence electrons. The number of nitrogens with zero attached hydrogens (tertiary/aromatic N) is 1. The van der Waals surface area contributed by atoms with Crippen molar-refractivity contribution in [1.82, 2.24) is 5.16 Å². The number of hydrogen-bond donors (Lipinski definition) is 2. The molecule has 4 rings (SSSR count). The number of methoxy groups -OCH3 is 1. The van der Waals surface area contributed by atoms with Crippen molar-refractivity contribution in [2.75, 3.05) is 17.7 Å². The molecule has 0 spiro atoms. The van der Waals surface area contributed by atoms with Gasteiger partial charge in [0.2, 0.25) is 0 Å². The molecule has 0 aliphatic rings. The molecule has 1 aromatic heterocycles. The van der Waals surface area contributed by atoms with Gasteiger partial charge in [0.15, 0.2) is 11.9 Å². The molecule has 1 atom stereocenters. The van der Waals surface area contributed by atoms with Gasteiger partial charge in [-0.25, -0.2) is 0 Å². The molecule has 8 heteroatoms. The number of aromatic nitrogens is 1. The summed E-state index contributed by atoms with van der Waals surface area (Å²) in [5, 5.41) is 11.0. The molecule has 0 saturated heterocycles. The molecule has 1 heterocycles. The van der Waals surface area contributed by atoms with Crippen LogP contribution in [0.15, 0.2) is 71.3 Å². The first-order chi connectivity index (χ1) is 15.9. The first kappa shape index (κ1) is 21.9. The van der Waals surface area contributed by atoms with Crippen molar-refractivity contribution in [3.05, 3.63) is 78.1 Å². The molecule has 0 bridgehead atoms. The van der Waals surface area contributed by atoms with E-state index in [9.17, 15) is 9.59 Å². The van der Waals surface area contributed by atoms with E-state index in [4.69, 9.17) is 14.0 Å². The fourth-order valence-electron chi connectivity index (χ4n) is 3.33. The number of aryl methyl sites for hydroxylation is 1. The second kappa shape index (κ2) is 9.44. The minimum Gasteiger partial charge on any atom is -0.495 e. The molecule has 0 fully saturated rings. The lowest BCUT2D eigenvalue weighted by Crippen LogP contribution is -2.31. The summed E-state index contributed by atoms with van der Waals surface area (Å²) in [6.45, 7) is 3.32. The Bertz CT molecular complexity index is 1310. The number of carbonyl (C=O) groups excluding carboxylic acids is 2. The van der Waals surface area contributed by atoms with Crippen molar-refractivity contribution < 1.29 is 23.6 Å². The van der Waals surface area contributed by atoms with Crippen LogP contribution < -0.4 is 20.1 Å². The lowest BCUT2D eigenvalue weighted by Gasteiger charge is -2.18. The van der Waals surface area contributed by atoms with Crippen LogP contribution in [0.25, 0.3) is 10.8 Å². The molecule has 1 unspecified atom stereocenters. The van der Waals surface area contributed by atoms with Crippen LogP contribution in [0.2, 0.25) is 0 Å². The van der Waals surface area contributed by atoms with Gasteiger partial charge in [-0.3, -0.25) is 9.59 Å². The van der Waals surface area contributed by atoms with Crippen LogP contribution in [0, 0.1) is 6.92 Å². The highest BCUT2D eigenvalue weighted by atomic mass is 16.5. The van der Waals surface area contributed by atoms with Gasteiger partial charge in [0, 0.05) is 6.07 Å². The molecule has 2 amide bonds. The third-order valence-corrected chi connectivity index (χ3v) is 5.00. The normalized spacial score (nSPS) is 11.6. The lowest BCUT2D eigenvalue weighted by molar-refractivity contribution is -0.122. The Morgan fingerprint density at radius 1 is 0.939 bits per heavy atom. The molecular formula is C25H23N3O5. The molecule has 0 aliphatic heterocycles. The Labute approximate surface area is 190 Å². The predicted octanol–water partition coefficient (Wildman–Crippen LogP) is 4.80. The van der Waals surface area contributed by atoms with Crippen molar-refractivity contribution >= 4 is 34.1 Å². The number of fused-ring (bicyclic) bond motifs is 1. The van der Waals surface area contributed by atoms with Crippen LogP contribution in [0.1, 0.15) is 23.0 Å². The minimum atomic E-state index is -0.902. The topological polar surface area (TPSA) is 103 Å². The number of ether oxygens (including phenoxy) is 2. The Kier molecular flexibility index (Phi) is 6.26. The van der Waals surface area contributed by atoms with Crippen LogP contribution >= 0.6 is 0 Å². The summed E-state index contributed by atoms with van der Waals surface area (Å²) >= 11 is 0. The van der Waals surface area contributed by atoms with E-state index in [2.05, 4.69) is 15.8 Å². The van der Waals surface area contributed by atoms with E-state index in [0.29, 0.717) is 23.0 Å². The predicted molar refractivity (Wildman–Crippen MR) is 125 cm³/mol. The average Bonchev–Trinajstić information content (AvgIpc) is 3.23. The number of nitrogens with one attached hydrogen (secondary N) is 2. The minimum absolute atomic E-state index is 0.278. The van der Waals surface area contributed by atoms with Gasteiger partial charge in [-0.15, -0.1) is 0 Å². The van der Waals surface area contributed by atoms with Crippen LogP contribution in [0.3, 0.4) is 0 Å². The van der Waals surface area contributed by atoms with E-state index in [1.165, 1.54) is 7.11 Å². The zero-order valence-corrected chi connectivity index (χ0v) is 18.4. The second-order valence-electron chi connectivity index (χ2n) is 7.42. The maximum absolute atomic E-state index is 13.2. The molecule has 4 aromatic rings. The molecule has 3 aromatic carbocycles. The fourth-order valence-corrected chi connectivity index (χ4v) is 3.33. The summed E-state index contributed by atoms with van der Waals surface area (Å²) in [5.41, 5.74) is 0.813. The summed E-state index contributed by atoms with van der Waals surface area (Å²) in [6.07, 6.45) is -0.902. The van der Waals surface area contributed by atoms with Gasteiger partial charge in [-0.05, 0) is 48.9 Å². The zero-order valence-electron chi connectivity index (χ0n) is 18.4. The molecule has 8 nitrogen and oxygen atoms in total. The highest BCUT2D eigenvalue weighted by Gasteiger charge is 2.21. The lowest BCUT2D eigenvalue weighted by atomic mass is 10.0. The number of anilines is 2. The molecule has 0 saturated carbocycles. The van der Waals surface area contributed by atoms with Crippen molar-refractivity contribution in [2.24, 2.45) is 0 Å². The molecule has 0 aliphatic carbocycles. The fraction of sp³-hybridized carbons (Fsp3) is 0.160. The number of amides is 2. The summed E-state index contributed by atoms with van der Waals surface area (Å²) in [5.74, 6) is 0.863. The first-order valence-corrected chi connectivity index (χ1v) is 10.3. The van der Waals surface area contributed by atoms with Crippen LogP contribution in [-0.2, 0) is 4.79 Å². The van der Waals surface area contributed by atoms with Crippen molar-refractivity contribution in [1.29, 1.82) is 0 Å². The Balaban J connectivity index is 1.62. The second-order valence-corrected chi connectivity index (χ2v) is 7.42. The van der Waals surface area contributed by atoms with Crippen LogP contribution in [0.5, 0.6) is 11.5 Å². The summed E-state index contributed by atoms with van der Waals surface area (Å²) in [6, 6.07) is 19.8. The molecule has 33 heavy (non-hydrogen) atoms. The highest BCUT2D eigenvalue weighted by molar-refractivity contribution is 6.09. The van der Waals surface area contributed by atoms with E-state index in [1.807, 2.05) is 30.3 Å². The maximum Gasteiger partial charge on any atom is 0.266 e.